The van der Waals surface area contributed by atoms with Gasteiger partial charge < -0.3 is 35.4 Å². The van der Waals surface area contributed by atoms with Crippen LogP contribution in [0.4, 0.5) is 0 Å². The molecule has 4 rings (SSSR count). The van der Waals surface area contributed by atoms with Gasteiger partial charge in [0, 0.05) is 19.1 Å². The first-order valence-electron chi connectivity index (χ1n) is 12.3. The number of ether oxygens (including phenoxy) is 2. The Hall–Kier alpha value is -1.42. The number of thioether (sulfide) groups is 1. The zero-order chi connectivity index (χ0) is 26.0. The highest BCUT2D eigenvalue weighted by Crippen LogP contribution is 2.36. The molecule has 5 N–H and O–H groups in total. The third kappa shape index (κ3) is 5.69. The molecule has 3 aliphatic heterocycles. The third-order valence-corrected chi connectivity index (χ3v) is 8.67. The Kier molecular flexibility index (Phi) is 9.18. The number of nitrogens with one attached hydrogen (secondary N) is 2. The molecule has 1 aromatic rings. The predicted octanol–water partition coefficient (Wildman–Crippen LogP) is 0.692. The van der Waals surface area contributed by atoms with Crippen LogP contribution in [0.1, 0.15) is 36.8 Å². The van der Waals surface area contributed by atoms with Gasteiger partial charge in [-0.25, -0.2) is 0 Å². The number of fused-ring (bicyclic) bond motifs is 1. The van der Waals surface area contributed by atoms with Crippen LogP contribution in [0.25, 0.3) is 0 Å². The number of hydrogen-bond donors (Lipinski definition) is 5. The summed E-state index contributed by atoms with van der Waals surface area (Å²) in [5.74, 6) is 0.0909. The van der Waals surface area contributed by atoms with Crippen molar-refractivity contribution in [2.24, 2.45) is 5.92 Å². The minimum absolute atomic E-state index is 0.130. The van der Waals surface area contributed by atoms with E-state index in [2.05, 4.69) is 16.7 Å². The molecule has 3 saturated heterocycles. The van der Waals surface area contributed by atoms with Crippen molar-refractivity contribution in [1.29, 1.82) is 5.26 Å². The lowest BCUT2D eigenvalue weighted by Gasteiger charge is -2.44. The summed E-state index contributed by atoms with van der Waals surface area (Å²) < 4.78 is 12.0. The maximum absolute atomic E-state index is 13.4. The quantitative estimate of drug-likeness (QED) is 0.330. The van der Waals surface area contributed by atoms with Crippen molar-refractivity contribution in [3.63, 3.8) is 0 Å². The number of carbonyl (C=O) groups is 1. The number of alkyl halides is 1. The van der Waals surface area contributed by atoms with E-state index in [-0.39, 0.29) is 23.8 Å². The topological polar surface area (TPSA) is 144 Å². The van der Waals surface area contributed by atoms with Gasteiger partial charge in [-0.15, -0.1) is 23.4 Å². The molecule has 11 atom stereocenters. The smallest absolute Gasteiger partial charge is 0.240 e. The first kappa shape index (κ1) is 27.6. The Labute approximate surface area is 220 Å². The SMILES string of the molecule is CSC1O[C@H]([C@H](NC(=O)[C@H]2NC[C@@H]3C[C@@H](c4ccc(C#N)cc4)CCO[C@H]32)[C@H](C)Cl)[C@@H](O)C(O)[C@H]1O. The summed E-state index contributed by atoms with van der Waals surface area (Å²) in [7, 11) is 0. The largest absolute Gasteiger partial charge is 0.388 e. The summed E-state index contributed by atoms with van der Waals surface area (Å²) in [6, 6.07) is 8.38. The van der Waals surface area contributed by atoms with Crippen LogP contribution >= 0.6 is 23.4 Å². The van der Waals surface area contributed by atoms with E-state index in [4.69, 9.17) is 26.3 Å². The first-order valence-corrected chi connectivity index (χ1v) is 14.0. The molecule has 3 fully saturated rings. The summed E-state index contributed by atoms with van der Waals surface area (Å²) in [5.41, 5.74) is 1.03. The van der Waals surface area contributed by atoms with E-state index < -0.39 is 47.3 Å². The Bertz CT molecular complexity index is 945. The van der Waals surface area contributed by atoms with E-state index in [1.807, 2.05) is 24.3 Å². The molecular formula is C25H34ClN3O6S. The minimum Gasteiger partial charge on any atom is -0.388 e. The number of halogens is 1. The van der Waals surface area contributed by atoms with Crippen LogP contribution in [-0.2, 0) is 14.3 Å². The van der Waals surface area contributed by atoms with Crippen LogP contribution in [0.5, 0.6) is 0 Å². The molecule has 1 aromatic carbocycles. The van der Waals surface area contributed by atoms with Gasteiger partial charge in [0.25, 0.3) is 0 Å². The standard InChI is InChI=1S/C25H34ClN3O6S/c1-12(26)17(23-20(31)19(30)21(32)25(35-23)36-2)29-24(33)18-22-16(11-28-18)9-15(7-8-34-22)14-5-3-13(10-27)4-6-14/h3-6,12,15-23,25,28,30-32H,7-9,11H2,1-2H3,(H,29,33)/t12-,15-,16-,17+,18-,19?,20-,21+,22+,23+,25?/m0/s1. The van der Waals surface area contributed by atoms with Gasteiger partial charge in [-0.05, 0) is 49.6 Å². The van der Waals surface area contributed by atoms with Crippen molar-refractivity contribution in [3.05, 3.63) is 35.4 Å². The van der Waals surface area contributed by atoms with E-state index in [0.29, 0.717) is 18.7 Å². The van der Waals surface area contributed by atoms with Gasteiger partial charge >= 0.3 is 0 Å². The number of aliphatic hydroxyl groups is 3. The number of aliphatic hydroxyl groups excluding tert-OH is 3. The number of rotatable bonds is 6. The molecule has 0 aromatic heterocycles. The van der Waals surface area contributed by atoms with Gasteiger partial charge in [-0.1, -0.05) is 12.1 Å². The molecule has 0 saturated carbocycles. The van der Waals surface area contributed by atoms with Crippen LogP contribution in [0.3, 0.4) is 0 Å². The number of nitrogens with zero attached hydrogens (tertiary/aromatic N) is 1. The zero-order valence-electron chi connectivity index (χ0n) is 20.3. The van der Waals surface area contributed by atoms with E-state index in [1.165, 1.54) is 11.8 Å². The third-order valence-electron chi connectivity index (χ3n) is 7.55. The summed E-state index contributed by atoms with van der Waals surface area (Å²) in [6.07, 6.45) is -2.00. The molecule has 36 heavy (non-hydrogen) atoms. The average molecular weight is 540 g/mol. The van der Waals surface area contributed by atoms with Crippen LogP contribution in [0.2, 0.25) is 0 Å². The van der Waals surface area contributed by atoms with Crippen molar-refractivity contribution in [2.45, 2.75) is 79.1 Å². The molecular weight excluding hydrogens is 506 g/mol. The molecule has 3 heterocycles. The van der Waals surface area contributed by atoms with E-state index in [1.54, 1.807) is 13.2 Å². The van der Waals surface area contributed by atoms with Crippen molar-refractivity contribution in [3.8, 4) is 6.07 Å². The second kappa shape index (κ2) is 12.0. The summed E-state index contributed by atoms with van der Waals surface area (Å²) in [5, 5.41) is 45.8. The predicted molar refractivity (Wildman–Crippen MR) is 136 cm³/mol. The number of nitriles is 1. The van der Waals surface area contributed by atoms with Gasteiger partial charge in [0.15, 0.2) is 0 Å². The van der Waals surface area contributed by atoms with Crippen LogP contribution in [0.15, 0.2) is 24.3 Å². The highest BCUT2D eigenvalue weighted by atomic mass is 35.5. The summed E-state index contributed by atoms with van der Waals surface area (Å²) in [4.78, 5) is 13.4. The maximum atomic E-state index is 13.4. The number of amides is 1. The van der Waals surface area contributed by atoms with Gasteiger partial charge in [0.05, 0.1) is 29.2 Å². The zero-order valence-corrected chi connectivity index (χ0v) is 21.9. The van der Waals surface area contributed by atoms with E-state index in [0.717, 1.165) is 18.4 Å². The number of benzene rings is 1. The summed E-state index contributed by atoms with van der Waals surface area (Å²) in [6.45, 7) is 2.82. The molecule has 11 heteroatoms. The fourth-order valence-electron chi connectivity index (χ4n) is 5.51. The maximum Gasteiger partial charge on any atom is 0.240 e. The second-order valence-electron chi connectivity index (χ2n) is 9.82. The molecule has 9 nitrogen and oxygen atoms in total. The van der Waals surface area contributed by atoms with Crippen molar-refractivity contribution in [2.75, 3.05) is 19.4 Å². The van der Waals surface area contributed by atoms with Crippen LogP contribution in [0, 0.1) is 17.2 Å². The second-order valence-corrected chi connectivity index (χ2v) is 11.4. The monoisotopic (exact) mass is 539 g/mol. The molecule has 0 aliphatic carbocycles. The van der Waals surface area contributed by atoms with Crippen LogP contribution in [-0.4, -0.2) is 94.1 Å². The Balaban J connectivity index is 1.43. The van der Waals surface area contributed by atoms with Gasteiger partial charge in [0.2, 0.25) is 5.91 Å². The van der Waals surface area contributed by atoms with E-state index in [9.17, 15) is 20.1 Å². The molecule has 3 aliphatic rings. The lowest BCUT2D eigenvalue weighted by molar-refractivity contribution is -0.205. The molecule has 1 amide bonds. The van der Waals surface area contributed by atoms with Gasteiger partial charge in [0.1, 0.15) is 35.9 Å². The fraction of sp³-hybridized carbons (Fsp3) is 0.680. The lowest BCUT2D eigenvalue weighted by Crippen LogP contribution is -2.65. The Morgan fingerprint density at radius 3 is 2.61 bits per heavy atom. The number of carbonyl (C=O) groups excluding carboxylic acids is 1. The van der Waals surface area contributed by atoms with Gasteiger partial charge in [-0.2, -0.15) is 5.26 Å². The van der Waals surface area contributed by atoms with Crippen molar-refractivity contribution in [1.82, 2.24) is 10.6 Å². The summed E-state index contributed by atoms with van der Waals surface area (Å²) >= 11 is 7.62. The Morgan fingerprint density at radius 2 is 1.97 bits per heavy atom. The van der Waals surface area contributed by atoms with Gasteiger partial charge in [-0.3, -0.25) is 4.79 Å². The highest BCUT2D eigenvalue weighted by Gasteiger charge is 2.49. The van der Waals surface area contributed by atoms with Crippen molar-refractivity contribution < 1.29 is 29.6 Å². The molecule has 2 unspecified atom stereocenters. The fourth-order valence-corrected chi connectivity index (χ4v) is 6.40. The molecule has 0 radical (unpaired) electrons. The lowest BCUT2D eigenvalue weighted by atomic mass is 9.85. The molecule has 198 valence electrons. The van der Waals surface area contributed by atoms with Crippen molar-refractivity contribution >= 4 is 29.3 Å². The number of hydrogen-bond acceptors (Lipinski definition) is 9. The highest BCUT2D eigenvalue weighted by molar-refractivity contribution is 7.99. The first-order chi connectivity index (χ1) is 17.2. The molecule has 0 spiro atoms. The minimum atomic E-state index is -1.42. The van der Waals surface area contributed by atoms with E-state index >= 15 is 0 Å². The molecule has 0 bridgehead atoms. The Morgan fingerprint density at radius 1 is 1.25 bits per heavy atom. The van der Waals surface area contributed by atoms with Crippen LogP contribution < -0.4 is 10.6 Å². The average Bonchev–Trinajstić information content (AvgIpc) is 3.16. The normalized spacial score (nSPS) is 38.3.